The molecule has 0 aliphatic heterocycles. The Kier molecular flexibility index (Phi) is 5.36. The fourth-order valence-electron chi connectivity index (χ4n) is 2.03. The standard InChI is InChI=1S/C18H20N2O3/c1-4-17(21)20-15-11-13(7-10-16(15)23-3)18(22)19-14-8-5-12(2)6-9-14/h5-11H,4H2,1-3H3,(H,19,22)(H,20,21). The number of rotatable bonds is 5. The monoisotopic (exact) mass is 312 g/mol. The SMILES string of the molecule is CCC(=O)Nc1cc(C(=O)Nc2ccc(C)cc2)ccc1OC. The molecule has 0 saturated carbocycles. The quantitative estimate of drug-likeness (QED) is 0.886. The van der Waals surface area contributed by atoms with Crippen LogP contribution in [0.15, 0.2) is 42.5 Å². The Labute approximate surface area is 135 Å². The summed E-state index contributed by atoms with van der Waals surface area (Å²) in [7, 11) is 1.52. The van der Waals surface area contributed by atoms with Gasteiger partial charge < -0.3 is 15.4 Å². The average molecular weight is 312 g/mol. The maximum Gasteiger partial charge on any atom is 0.255 e. The zero-order valence-electron chi connectivity index (χ0n) is 13.5. The number of amides is 2. The highest BCUT2D eigenvalue weighted by Crippen LogP contribution is 2.26. The van der Waals surface area contributed by atoms with Crippen LogP contribution < -0.4 is 15.4 Å². The van der Waals surface area contributed by atoms with E-state index in [0.717, 1.165) is 11.3 Å². The van der Waals surface area contributed by atoms with E-state index >= 15 is 0 Å². The van der Waals surface area contributed by atoms with Crippen LogP contribution in [0.2, 0.25) is 0 Å². The lowest BCUT2D eigenvalue weighted by atomic mass is 10.1. The first-order valence-corrected chi connectivity index (χ1v) is 7.39. The van der Waals surface area contributed by atoms with Gasteiger partial charge in [-0.15, -0.1) is 0 Å². The number of methoxy groups -OCH3 is 1. The second-order valence-electron chi connectivity index (χ2n) is 5.14. The van der Waals surface area contributed by atoms with Crippen LogP contribution in [-0.4, -0.2) is 18.9 Å². The summed E-state index contributed by atoms with van der Waals surface area (Å²) in [6.45, 7) is 3.74. The minimum absolute atomic E-state index is 0.139. The minimum Gasteiger partial charge on any atom is -0.495 e. The maximum absolute atomic E-state index is 12.3. The smallest absolute Gasteiger partial charge is 0.255 e. The Morgan fingerprint density at radius 2 is 1.74 bits per heavy atom. The molecule has 0 atom stereocenters. The molecular weight excluding hydrogens is 292 g/mol. The van der Waals surface area contributed by atoms with Crippen molar-refractivity contribution in [1.29, 1.82) is 0 Å². The van der Waals surface area contributed by atoms with Crippen molar-refractivity contribution in [3.8, 4) is 5.75 Å². The fraction of sp³-hybridized carbons (Fsp3) is 0.222. The molecule has 2 aromatic rings. The van der Waals surface area contributed by atoms with Gasteiger partial charge in [-0.3, -0.25) is 9.59 Å². The number of ether oxygens (including phenoxy) is 1. The van der Waals surface area contributed by atoms with E-state index in [1.54, 1.807) is 25.1 Å². The lowest BCUT2D eigenvalue weighted by Gasteiger charge is -2.12. The van der Waals surface area contributed by atoms with Crippen molar-refractivity contribution in [1.82, 2.24) is 0 Å². The molecule has 2 amide bonds. The third-order valence-corrected chi connectivity index (χ3v) is 3.37. The number of hydrogen-bond donors (Lipinski definition) is 2. The molecule has 0 aliphatic rings. The Morgan fingerprint density at radius 1 is 1.04 bits per heavy atom. The first-order chi connectivity index (χ1) is 11.0. The van der Waals surface area contributed by atoms with Gasteiger partial charge in [0.05, 0.1) is 12.8 Å². The van der Waals surface area contributed by atoms with Crippen LogP contribution in [0.1, 0.15) is 29.3 Å². The highest BCUT2D eigenvalue weighted by atomic mass is 16.5. The highest BCUT2D eigenvalue weighted by molar-refractivity contribution is 6.05. The summed E-state index contributed by atoms with van der Waals surface area (Å²) in [6, 6.07) is 12.5. The highest BCUT2D eigenvalue weighted by Gasteiger charge is 2.12. The van der Waals surface area contributed by atoms with Crippen LogP contribution in [0.5, 0.6) is 5.75 Å². The van der Waals surface area contributed by atoms with E-state index in [0.29, 0.717) is 23.4 Å². The van der Waals surface area contributed by atoms with Crippen LogP contribution in [0.4, 0.5) is 11.4 Å². The molecule has 120 valence electrons. The van der Waals surface area contributed by atoms with E-state index in [1.165, 1.54) is 7.11 Å². The number of benzene rings is 2. The lowest BCUT2D eigenvalue weighted by molar-refractivity contribution is -0.115. The molecule has 2 aromatic carbocycles. The normalized spacial score (nSPS) is 10.0. The number of carbonyl (C=O) groups is 2. The van der Waals surface area contributed by atoms with E-state index in [2.05, 4.69) is 10.6 Å². The number of nitrogens with one attached hydrogen (secondary N) is 2. The molecule has 0 heterocycles. The average Bonchev–Trinajstić information content (AvgIpc) is 2.56. The van der Waals surface area contributed by atoms with E-state index in [4.69, 9.17) is 4.74 Å². The Hall–Kier alpha value is -2.82. The van der Waals surface area contributed by atoms with Gasteiger partial charge in [0.2, 0.25) is 5.91 Å². The summed E-state index contributed by atoms with van der Waals surface area (Å²) in [4.78, 5) is 23.9. The van der Waals surface area contributed by atoms with Crippen LogP contribution in [0.3, 0.4) is 0 Å². The Morgan fingerprint density at radius 3 is 2.35 bits per heavy atom. The summed E-state index contributed by atoms with van der Waals surface area (Å²) in [5.41, 5.74) is 2.77. The summed E-state index contributed by atoms with van der Waals surface area (Å²) >= 11 is 0. The number of hydrogen-bond acceptors (Lipinski definition) is 3. The van der Waals surface area contributed by atoms with Crippen molar-refractivity contribution in [2.45, 2.75) is 20.3 Å². The molecule has 0 aromatic heterocycles. The largest absolute Gasteiger partial charge is 0.495 e. The van der Waals surface area contributed by atoms with Crippen molar-refractivity contribution >= 4 is 23.2 Å². The van der Waals surface area contributed by atoms with Crippen molar-refractivity contribution < 1.29 is 14.3 Å². The molecule has 0 radical (unpaired) electrons. The zero-order chi connectivity index (χ0) is 16.8. The molecule has 0 aliphatic carbocycles. The molecule has 2 rings (SSSR count). The topological polar surface area (TPSA) is 67.4 Å². The number of carbonyl (C=O) groups excluding carboxylic acids is 2. The third kappa shape index (κ3) is 4.32. The van der Waals surface area contributed by atoms with Crippen LogP contribution in [-0.2, 0) is 4.79 Å². The molecule has 0 bridgehead atoms. The van der Waals surface area contributed by atoms with Gasteiger partial charge in [-0.05, 0) is 37.3 Å². The summed E-state index contributed by atoms with van der Waals surface area (Å²) in [5.74, 6) is 0.126. The van der Waals surface area contributed by atoms with Crippen LogP contribution >= 0.6 is 0 Å². The van der Waals surface area contributed by atoms with E-state index in [1.807, 2.05) is 31.2 Å². The van der Waals surface area contributed by atoms with Gasteiger partial charge in [-0.25, -0.2) is 0 Å². The molecule has 0 fully saturated rings. The van der Waals surface area contributed by atoms with Crippen molar-refractivity contribution in [2.24, 2.45) is 0 Å². The maximum atomic E-state index is 12.3. The van der Waals surface area contributed by atoms with Gasteiger partial charge in [0.15, 0.2) is 0 Å². The summed E-state index contributed by atoms with van der Waals surface area (Å²) in [6.07, 6.45) is 0.350. The first-order valence-electron chi connectivity index (χ1n) is 7.39. The van der Waals surface area contributed by atoms with E-state index in [9.17, 15) is 9.59 Å². The van der Waals surface area contributed by atoms with Gasteiger partial charge in [-0.2, -0.15) is 0 Å². The molecule has 0 spiro atoms. The summed E-state index contributed by atoms with van der Waals surface area (Å²) < 4.78 is 5.21. The van der Waals surface area contributed by atoms with Crippen molar-refractivity contribution in [3.05, 3.63) is 53.6 Å². The van der Waals surface area contributed by atoms with Gasteiger partial charge in [0.25, 0.3) is 5.91 Å². The zero-order valence-corrected chi connectivity index (χ0v) is 13.5. The van der Waals surface area contributed by atoms with E-state index < -0.39 is 0 Å². The Bertz CT molecular complexity index is 709. The predicted molar refractivity (Wildman–Crippen MR) is 91.0 cm³/mol. The number of anilines is 2. The molecule has 0 saturated heterocycles. The Balaban J connectivity index is 2.21. The van der Waals surface area contributed by atoms with Gasteiger partial charge in [-0.1, -0.05) is 24.6 Å². The van der Waals surface area contributed by atoms with Gasteiger partial charge in [0.1, 0.15) is 5.75 Å². The third-order valence-electron chi connectivity index (χ3n) is 3.37. The molecule has 2 N–H and O–H groups in total. The lowest BCUT2D eigenvalue weighted by Crippen LogP contribution is -2.14. The molecular formula is C18H20N2O3. The molecule has 5 heteroatoms. The minimum atomic E-state index is -0.247. The molecule has 0 unspecified atom stereocenters. The van der Waals surface area contributed by atoms with Crippen LogP contribution in [0.25, 0.3) is 0 Å². The van der Waals surface area contributed by atoms with Crippen molar-refractivity contribution in [2.75, 3.05) is 17.7 Å². The first kappa shape index (κ1) is 16.5. The molecule has 23 heavy (non-hydrogen) atoms. The van der Waals surface area contributed by atoms with Crippen LogP contribution in [0, 0.1) is 6.92 Å². The van der Waals surface area contributed by atoms with E-state index in [-0.39, 0.29) is 11.8 Å². The second-order valence-corrected chi connectivity index (χ2v) is 5.14. The predicted octanol–water partition coefficient (Wildman–Crippen LogP) is 3.60. The fourth-order valence-corrected chi connectivity index (χ4v) is 2.03. The van der Waals surface area contributed by atoms with Crippen molar-refractivity contribution in [3.63, 3.8) is 0 Å². The van der Waals surface area contributed by atoms with Gasteiger partial charge in [0, 0.05) is 17.7 Å². The van der Waals surface area contributed by atoms with Gasteiger partial charge >= 0.3 is 0 Å². The number of aryl methyl sites for hydroxylation is 1. The second kappa shape index (κ2) is 7.45. The molecule has 5 nitrogen and oxygen atoms in total. The summed E-state index contributed by atoms with van der Waals surface area (Å²) in [5, 5.41) is 5.56.